The van der Waals surface area contributed by atoms with Gasteiger partial charge in [-0.3, -0.25) is 19.2 Å². The van der Waals surface area contributed by atoms with Gasteiger partial charge in [-0.15, -0.1) is 0 Å². The summed E-state index contributed by atoms with van der Waals surface area (Å²) in [6.45, 7) is 3.46. The Bertz CT molecular complexity index is 807. The van der Waals surface area contributed by atoms with Crippen molar-refractivity contribution in [3.05, 3.63) is 33.8 Å². The van der Waals surface area contributed by atoms with Gasteiger partial charge in [0.2, 0.25) is 5.91 Å². The molecule has 0 aliphatic rings. The van der Waals surface area contributed by atoms with Crippen LogP contribution in [0.2, 0.25) is 10.0 Å². The zero-order valence-electron chi connectivity index (χ0n) is 17.7. The van der Waals surface area contributed by atoms with E-state index in [1.165, 1.54) is 25.3 Å². The molecule has 0 aliphatic heterocycles. The predicted octanol–water partition coefficient (Wildman–Crippen LogP) is 2.03. The van der Waals surface area contributed by atoms with Crippen LogP contribution in [0.1, 0.15) is 37.0 Å². The number of carbonyl (C=O) groups is 4. The summed E-state index contributed by atoms with van der Waals surface area (Å²) in [5.74, 6) is -3.33. The third-order valence-electron chi connectivity index (χ3n) is 3.98. The minimum atomic E-state index is -1.14. The fourth-order valence-electron chi connectivity index (χ4n) is 2.59. The second-order valence-corrected chi connectivity index (χ2v) is 7.80. The van der Waals surface area contributed by atoms with Crippen LogP contribution < -0.4 is 10.6 Å². The minimum Gasteiger partial charge on any atom is -0.508 e. The van der Waals surface area contributed by atoms with E-state index in [-0.39, 0.29) is 23.0 Å². The molecule has 1 atom stereocenters. The molecule has 1 aromatic carbocycles. The highest BCUT2D eigenvalue weighted by Gasteiger charge is 2.35. The molecule has 0 unspecified atom stereocenters. The molecule has 0 heterocycles. The maximum absolute atomic E-state index is 12.4. The van der Waals surface area contributed by atoms with E-state index in [2.05, 4.69) is 15.4 Å². The molecule has 0 bridgehead atoms. The molecule has 2 amide bonds. The minimum absolute atomic E-state index is 0.113. The quantitative estimate of drug-likeness (QED) is 0.286. The topological polar surface area (TPSA) is 120 Å². The molecule has 0 aliphatic carbocycles. The van der Waals surface area contributed by atoms with E-state index >= 15 is 0 Å². The van der Waals surface area contributed by atoms with Gasteiger partial charge in [0.05, 0.1) is 30.2 Å². The maximum Gasteiger partial charge on any atom is 0.551 e. The van der Waals surface area contributed by atoms with Crippen molar-refractivity contribution in [1.82, 2.24) is 10.6 Å². The molecule has 2 N–H and O–H groups in total. The van der Waals surface area contributed by atoms with Crippen LogP contribution in [0.25, 0.3) is 0 Å². The molecule has 0 radical (unpaired) electrons. The Kier molecular flexibility index (Phi) is 11.4. The molecular formula is C19H25BCl2N2O7. The van der Waals surface area contributed by atoms with Crippen LogP contribution in [-0.4, -0.2) is 57.6 Å². The highest BCUT2D eigenvalue weighted by Crippen LogP contribution is 2.20. The molecule has 0 saturated heterocycles. The Labute approximate surface area is 191 Å². The Morgan fingerprint density at radius 1 is 1.10 bits per heavy atom. The second kappa shape index (κ2) is 13.2. The molecule has 0 aromatic heterocycles. The molecule has 0 spiro atoms. The van der Waals surface area contributed by atoms with Gasteiger partial charge < -0.3 is 24.7 Å². The lowest BCUT2D eigenvalue weighted by Crippen LogP contribution is -2.52. The van der Waals surface area contributed by atoms with Crippen molar-refractivity contribution < 1.29 is 33.2 Å². The van der Waals surface area contributed by atoms with Crippen LogP contribution in [0, 0.1) is 5.92 Å². The summed E-state index contributed by atoms with van der Waals surface area (Å²) in [5.41, 5.74) is 0.132. The summed E-state index contributed by atoms with van der Waals surface area (Å²) in [4.78, 5) is 47.8. The number of hydrogen-bond donors (Lipinski definition) is 2. The predicted molar refractivity (Wildman–Crippen MR) is 116 cm³/mol. The van der Waals surface area contributed by atoms with Crippen LogP contribution in [-0.2, 0) is 28.4 Å². The van der Waals surface area contributed by atoms with Gasteiger partial charge in [-0.25, -0.2) is 0 Å². The zero-order valence-corrected chi connectivity index (χ0v) is 19.2. The standard InChI is InChI=1S/C19H25BCl2N2O7/c1-11(2)7-15(20(30-4)31-18(27)9-17(26)29-3)24-16(25)10-23-19(28)13-8-12(21)5-6-14(13)22/h5-6,8,11,15H,7,9-10H2,1-4H3,(H,23,28)(H,24,25)/t15-/m0/s1. The first-order valence-electron chi connectivity index (χ1n) is 9.39. The van der Waals surface area contributed by atoms with Crippen molar-refractivity contribution in [2.24, 2.45) is 5.92 Å². The smallest absolute Gasteiger partial charge is 0.508 e. The van der Waals surface area contributed by atoms with E-state index in [9.17, 15) is 19.2 Å². The first-order valence-corrected chi connectivity index (χ1v) is 10.1. The van der Waals surface area contributed by atoms with Gasteiger partial charge in [-0.05, 0) is 30.5 Å². The Hall–Kier alpha value is -2.30. The number of amides is 2. The zero-order chi connectivity index (χ0) is 23.6. The summed E-state index contributed by atoms with van der Waals surface area (Å²) in [7, 11) is 1.32. The maximum atomic E-state index is 12.4. The lowest BCUT2D eigenvalue weighted by atomic mass is 9.73. The van der Waals surface area contributed by atoms with Crippen LogP contribution >= 0.6 is 23.2 Å². The largest absolute Gasteiger partial charge is 0.551 e. The van der Waals surface area contributed by atoms with E-state index < -0.39 is 43.2 Å². The number of halogens is 2. The first kappa shape index (κ1) is 26.7. The molecule has 9 nitrogen and oxygen atoms in total. The fourth-order valence-corrected chi connectivity index (χ4v) is 2.96. The summed E-state index contributed by atoms with van der Waals surface area (Å²) in [6, 6.07) is 4.40. The van der Waals surface area contributed by atoms with Crippen LogP contribution in [0.3, 0.4) is 0 Å². The highest BCUT2D eigenvalue weighted by molar-refractivity contribution is 6.49. The van der Waals surface area contributed by atoms with Crippen LogP contribution in [0.4, 0.5) is 0 Å². The number of esters is 1. The van der Waals surface area contributed by atoms with Gasteiger partial charge in [-0.2, -0.15) is 0 Å². The van der Waals surface area contributed by atoms with Crippen molar-refractivity contribution >= 4 is 54.1 Å². The monoisotopic (exact) mass is 474 g/mol. The third kappa shape index (κ3) is 9.58. The summed E-state index contributed by atoms with van der Waals surface area (Å²) in [5, 5.41) is 5.65. The van der Waals surface area contributed by atoms with Gasteiger partial charge >= 0.3 is 19.1 Å². The Morgan fingerprint density at radius 3 is 2.35 bits per heavy atom. The number of hydrogen-bond acceptors (Lipinski definition) is 7. The Morgan fingerprint density at radius 2 is 1.77 bits per heavy atom. The average Bonchev–Trinajstić information content (AvgIpc) is 2.70. The molecule has 31 heavy (non-hydrogen) atoms. The Balaban J connectivity index is 2.75. The van der Waals surface area contributed by atoms with Crippen LogP contribution in [0.5, 0.6) is 0 Å². The average molecular weight is 475 g/mol. The second-order valence-electron chi connectivity index (χ2n) is 6.96. The summed E-state index contributed by atoms with van der Waals surface area (Å²) >= 11 is 11.9. The summed E-state index contributed by atoms with van der Waals surface area (Å²) < 4.78 is 14.8. The normalized spacial score (nSPS) is 11.5. The van der Waals surface area contributed by atoms with Gasteiger partial charge in [0.25, 0.3) is 5.91 Å². The van der Waals surface area contributed by atoms with E-state index in [0.717, 1.165) is 7.11 Å². The van der Waals surface area contributed by atoms with Gasteiger partial charge in [0.1, 0.15) is 6.42 Å². The molecule has 170 valence electrons. The number of rotatable bonds is 11. The molecule has 1 aromatic rings. The number of carbonyl (C=O) groups excluding carboxylic acids is 4. The molecule has 0 saturated carbocycles. The van der Waals surface area contributed by atoms with Gasteiger partial charge in [-0.1, -0.05) is 37.0 Å². The van der Waals surface area contributed by atoms with Crippen LogP contribution in [0.15, 0.2) is 18.2 Å². The molecule has 12 heteroatoms. The lowest BCUT2D eigenvalue weighted by molar-refractivity contribution is -0.149. The summed E-state index contributed by atoms with van der Waals surface area (Å²) in [6.07, 6.45) is -0.182. The van der Waals surface area contributed by atoms with E-state index in [0.29, 0.717) is 11.4 Å². The number of ether oxygens (including phenoxy) is 1. The highest BCUT2D eigenvalue weighted by atomic mass is 35.5. The van der Waals surface area contributed by atoms with E-state index in [1.54, 1.807) is 0 Å². The first-order chi connectivity index (χ1) is 14.6. The van der Waals surface area contributed by atoms with Crippen molar-refractivity contribution in [2.75, 3.05) is 20.8 Å². The third-order valence-corrected chi connectivity index (χ3v) is 4.54. The number of benzene rings is 1. The SMILES string of the molecule is COB(OC(=O)CC(=O)OC)[C@H](CC(C)C)NC(=O)CNC(=O)c1cc(Cl)ccc1Cl. The van der Waals surface area contributed by atoms with Crippen molar-refractivity contribution in [3.63, 3.8) is 0 Å². The fraction of sp³-hybridized carbons (Fsp3) is 0.474. The molecule has 1 rings (SSSR count). The van der Waals surface area contributed by atoms with Gasteiger partial charge in [0.15, 0.2) is 0 Å². The molecule has 0 fully saturated rings. The van der Waals surface area contributed by atoms with E-state index in [4.69, 9.17) is 32.5 Å². The lowest BCUT2D eigenvalue weighted by Gasteiger charge is -2.24. The number of methoxy groups -OCH3 is 1. The molecular weight excluding hydrogens is 450 g/mol. The number of nitrogens with one attached hydrogen (secondary N) is 2. The van der Waals surface area contributed by atoms with Crippen molar-refractivity contribution in [3.8, 4) is 0 Å². The van der Waals surface area contributed by atoms with E-state index in [1.807, 2.05) is 13.8 Å². The van der Waals surface area contributed by atoms with Crippen molar-refractivity contribution in [1.29, 1.82) is 0 Å². The van der Waals surface area contributed by atoms with Crippen molar-refractivity contribution in [2.45, 2.75) is 32.6 Å². The van der Waals surface area contributed by atoms with Gasteiger partial charge in [0, 0.05) is 12.1 Å².